The monoisotopic (exact) mass is 473 g/mol. The van der Waals surface area contributed by atoms with Crippen LogP contribution in [0.25, 0.3) is 16.8 Å². The Kier molecular flexibility index (Phi) is 5.53. The van der Waals surface area contributed by atoms with Crippen LogP contribution in [-0.4, -0.2) is 47.3 Å². The van der Waals surface area contributed by atoms with Gasteiger partial charge in [0.25, 0.3) is 0 Å². The van der Waals surface area contributed by atoms with Gasteiger partial charge >= 0.3 is 0 Å². The van der Waals surface area contributed by atoms with Crippen LogP contribution in [0.3, 0.4) is 0 Å². The summed E-state index contributed by atoms with van der Waals surface area (Å²) in [5, 5.41) is 3.33. The SMILES string of the molecule is Cc1cn2c(NCc3c(F)ccc4c3CCO4)ncc(-c3ccc(N4CCOCC4)cc3C)c2n1. The Hall–Kier alpha value is -3.65. The van der Waals surface area contributed by atoms with Crippen molar-refractivity contribution in [1.29, 1.82) is 0 Å². The molecule has 6 rings (SSSR count). The van der Waals surface area contributed by atoms with Gasteiger partial charge in [0.15, 0.2) is 0 Å². The average molecular weight is 474 g/mol. The third-order valence-corrected chi connectivity index (χ3v) is 6.85. The van der Waals surface area contributed by atoms with E-state index in [0.717, 1.165) is 66.5 Å². The van der Waals surface area contributed by atoms with E-state index in [-0.39, 0.29) is 5.82 Å². The number of benzene rings is 2. The highest BCUT2D eigenvalue weighted by Gasteiger charge is 2.20. The van der Waals surface area contributed by atoms with Crippen molar-refractivity contribution >= 4 is 17.3 Å². The van der Waals surface area contributed by atoms with E-state index in [0.29, 0.717) is 24.7 Å². The molecule has 1 fully saturated rings. The van der Waals surface area contributed by atoms with Crippen LogP contribution in [0.2, 0.25) is 0 Å². The lowest BCUT2D eigenvalue weighted by molar-refractivity contribution is 0.122. The largest absolute Gasteiger partial charge is 0.493 e. The standard InChI is InChI=1S/C27H28FN5O2/c1-17-13-19(32-8-11-34-12-9-32)3-4-20(17)23-15-30-27(33-16-18(2)31-26(23)33)29-14-22-21-7-10-35-25(21)6-5-24(22)28/h3-6,13,15-16H,7-12,14H2,1-2H3,(H,29,30). The van der Waals surface area contributed by atoms with Crippen molar-refractivity contribution in [3.63, 3.8) is 0 Å². The Morgan fingerprint density at radius 3 is 2.74 bits per heavy atom. The lowest BCUT2D eigenvalue weighted by Gasteiger charge is -2.29. The first-order valence-corrected chi connectivity index (χ1v) is 12.0. The van der Waals surface area contributed by atoms with Crippen molar-refractivity contribution in [3.8, 4) is 16.9 Å². The van der Waals surface area contributed by atoms with Crippen molar-refractivity contribution in [2.45, 2.75) is 26.8 Å². The van der Waals surface area contributed by atoms with Crippen LogP contribution in [-0.2, 0) is 17.7 Å². The number of aryl methyl sites for hydroxylation is 2. The normalized spacial score (nSPS) is 15.3. The maximum atomic E-state index is 14.6. The van der Waals surface area contributed by atoms with E-state index >= 15 is 0 Å². The quantitative estimate of drug-likeness (QED) is 0.459. The van der Waals surface area contributed by atoms with E-state index < -0.39 is 0 Å². The summed E-state index contributed by atoms with van der Waals surface area (Å²) in [5.74, 6) is 1.17. The number of fused-ring (bicyclic) bond motifs is 2. The van der Waals surface area contributed by atoms with Crippen LogP contribution in [0, 0.1) is 19.7 Å². The van der Waals surface area contributed by atoms with E-state index in [1.807, 2.05) is 23.7 Å². The molecule has 0 spiro atoms. The molecule has 0 radical (unpaired) electrons. The molecule has 1 N–H and O–H groups in total. The molecule has 0 amide bonds. The predicted octanol–water partition coefficient (Wildman–Crippen LogP) is 4.54. The van der Waals surface area contributed by atoms with Gasteiger partial charge in [-0.25, -0.2) is 14.4 Å². The minimum absolute atomic E-state index is 0.229. The van der Waals surface area contributed by atoms with Gasteiger partial charge in [-0.05, 0) is 49.2 Å². The number of morpholine rings is 1. The predicted molar refractivity (Wildman–Crippen MR) is 134 cm³/mol. The van der Waals surface area contributed by atoms with E-state index in [1.165, 1.54) is 17.3 Å². The molecule has 4 aromatic rings. The van der Waals surface area contributed by atoms with E-state index in [1.54, 1.807) is 6.07 Å². The smallest absolute Gasteiger partial charge is 0.208 e. The minimum Gasteiger partial charge on any atom is -0.493 e. The van der Waals surface area contributed by atoms with Crippen LogP contribution in [0.1, 0.15) is 22.4 Å². The maximum absolute atomic E-state index is 14.6. The number of halogens is 1. The molecule has 180 valence electrons. The van der Waals surface area contributed by atoms with Crippen molar-refractivity contribution in [2.24, 2.45) is 0 Å². The molecular weight excluding hydrogens is 445 g/mol. The summed E-state index contributed by atoms with van der Waals surface area (Å²) in [4.78, 5) is 11.9. The first kappa shape index (κ1) is 21.9. The summed E-state index contributed by atoms with van der Waals surface area (Å²) in [5.41, 5.74) is 7.72. The average Bonchev–Trinajstić information content (AvgIpc) is 3.50. The van der Waals surface area contributed by atoms with Crippen LogP contribution in [0.4, 0.5) is 16.0 Å². The van der Waals surface area contributed by atoms with Crippen molar-refractivity contribution in [2.75, 3.05) is 43.1 Å². The fourth-order valence-corrected chi connectivity index (χ4v) is 5.06. The molecule has 2 aromatic heterocycles. The number of nitrogens with one attached hydrogen (secondary N) is 1. The highest BCUT2D eigenvalue weighted by atomic mass is 19.1. The zero-order valence-corrected chi connectivity index (χ0v) is 20.0. The summed E-state index contributed by atoms with van der Waals surface area (Å²) in [7, 11) is 0. The molecule has 1 saturated heterocycles. The Bertz CT molecular complexity index is 1410. The first-order chi connectivity index (χ1) is 17.1. The Balaban J connectivity index is 1.32. The second-order valence-electron chi connectivity index (χ2n) is 9.12. The second kappa shape index (κ2) is 8.85. The molecule has 0 bridgehead atoms. The van der Waals surface area contributed by atoms with E-state index in [9.17, 15) is 4.39 Å². The van der Waals surface area contributed by atoms with Crippen LogP contribution >= 0.6 is 0 Å². The molecule has 35 heavy (non-hydrogen) atoms. The lowest BCUT2D eigenvalue weighted by Crippen LogP contribution is -2.36. The zero-order valence-electron chi connectivity index (χ0n) is 20.0. The number of hydrogen-bond donors (Lipinski definition) is 1. The highest BCUT2D eigenvalue weighted by Crippen LogP contribution is 2.33. The first-order valence-electron chi connectivity index (χ1n) is 12.0. The van der Waals surface area contributed by atoms with Gasteiger partial charge < -0.3 is 19.7 Å². The van der Waals surface area contributed by atoms with Gasteiger partial charge in [0.2, 0.25) is 5.95 Å². The van der Waals surface area contributed by atoms with Gasteiger partial charge in [-0.2, -0.15) is 0 Å². The summed E-state index contributed by atoms with van der Waals surface area (Å²) < 4.78 is 27.7. The third-order valence-electron chi connectivity index (χ3n) is 6.85. The van der Waals surface area contributed by atoms with Crippen LogP contribution in [0.5, 0.6) is 5.75 Å². The number of rotatable bonds is 5. The summed E-state index contributed by atoms with van der Waals surface area (Å²) in [6.07, 6.45) is 4.53. The second-order valence-corrected chi connectivity index (χ2v) is 9.12. The van der Waals surface area contributed by atoms with Gasteiger partial charge in [0.05, 0.1) is 25.5 Å². The van der Waals surface area contributed by atoms with Crippen LogP contribution < -0.4 is 15.0 Å². The van der Waals surface area contributed by atoms with Crippen molar-refractivity contribution in [1.82, 2.24) is 14.4 Å². The molecule has 0 unspecified atom stereocenters. The molecule has 0 saturated carbocycles. The molecule has 7 nitrogen and oxygen atoms in total. The van der Waals surface area contributed by atoms with E-state index in [4.69, 9.17) is 19.4 Å². The molecular formula is C27H28FN5O2. The molecule has 0 aliphatic carbocycles. The minimum atomic E-state index is -0.229. The van der Waals surface area contributed by atoms with E-state index in [2.05, 4.69) is 35.3 Å². The number of hydrogen-bond acceptors (Lipinski definition) is 6. The Morgan fingerprint density at radius 1 is 1.06 bits per heavy atom. The molecule has 2 aromatic carbocycles. The van der Waals surface area contributed by atoms with Gasteiger partial charge in [-0.1, -0.05) is 6.07 Å². The van der Waals surface area contributed by atoms with Gasteiger partial charge in [-0.15, -0.1) is 0 Å². The summed E-state index contributed by atoms with van der Waals surface area (Å²) in [6, 6.07) is 9.71. The van der Waals surface area contributed by atoms with Crippen molar-refractivity contribution in [3.05, 3.63) is 70.9 Å². The number of ether oxygens (including phenoxy) is 2. The fraction of sp³-hybridized carbons (Fsp3) is 0.333. The summed E-state index contributed by atoms with van der Waals surface area (Å²) in [6.45, 7) is 8.33. The van der Waals surface area contributed by atoms with Crippen molar-refractivity contribution < 1.29 is 13.9 Å². The number of aromatic nitrogens is 3. The number of anilines is 2. The topological polar surface area (TPSA) is 63.9 Å². The number of imidazole rings is 1. The number of nitrogens with zero attached hydrogens (tertiary/aromatic N) is 4. The van der Waals surface area contributed by atoms with Gasteiger partial charge in [0.1, 0.15) is 17.2 Å². The van der Waals surface area contributed by atoms with Gasteiger partial charge in [-0.3, -0.25) is 4.40 Å². The third kappa shape index (κ3) is 3.97. The highest BCUT2D eigenvalue weighted by molar-refractivity contribution is 5.81. The molecule has 4 heterocycles. The van der Waals surface area contributed by atoms with Gasteiger partial charge in [0, 0.05) is 60.8 Å². The lowest BCUT2D eigenvalue weighted by atomic mass is 10.0. The molecule has 2 aliphatic heterocycles. The molecule has 0 atom stereocenters. The van der Waals surface area contributed by atoms with Crippen LogP contribution in [0.15, 0.2) is 42.7 Å². The Labute approximate surface area is 203 Å². The summed E-state index contributed by atoms with van der Waals surface area (Å²) >= 11 is 0. The Morgan fingerprint density at radius 2 is 1.91 bits per heavy atom. The zero-order chi connectivity index (χ0) is 23.9. The molecule has 2 aliphatic rings. The maximum Gasteiger partial charge on any atom is 0.208 e. The molecule has 8 heteroatoms. The fourth-order valence-electron chi connectivity index (χ4n) is 5.06.